The predicted molar refractivity (Wildman–Crippen MR) is 230 cm³/mol. The zero-order valence-corrected chi connectivity index (χ0v) is 38.2. The molecule has 352 valence electrons. The predicted octanol–water partition coefficient (Wildman–Crippen LogP) is 2.85. The summed E-state index contributed by atoms with van der Waals surface area (Å²) >= 11 is 0. The minimum absolute atomic E-state index is 0.0398. The van der Waals surface area contributed by atoms with Crippen LogP contribution in [0.4, 0.5) is 5.69 Å². The third-order valence-corrected chi connectivity index (χ3v) is 13.2. The van der Waals surface area contributed by atoms with Gasteiger partial charge in [-0.25, -0.2) is 0 Å². The van der Waals surface area contributed by atoms with Gasteiger partial charge in [-0.2, -0.15) is 0 Å². The summed E-state index contributed by atoms with van der Waals surface area (Å²) in [7, 11) is 3.41. The Balaban J connectivity index is 1.35. The number of non-ortho nitro benzene ring substituents is 1. The van der Waals surface area contributed by atoms with Gasteiger partial charge in [0.15, 0.2) is 12.1 Å². The second kappa shape index (κ2) is 21.8. The van der Waals surface area contributed by atoms with Crippen molar-refractivity contribution in [2.45, 2.75) is 148 Å². The standard InChI is InChI=1S/C44H69N7O12/c1-26-22-44(7,59-9)40(29(4)37(52)30(5)41(55)60-25-43(6,56)39(54)28(3)36(26)47-63-34-11-10-18-45-23-34)62-42-38(53)35(21-27(2)61-42)49(8)19-17-32-24-50(48-46-32)20-16-31-12-14-33(15-13-31)51(57)58/h12-15,24,26-30,34-35,38-40,42,45,53-54,56H,10-11,16-23,25H2,1-9H3/b47-36+/t26-,27-,28+,29+,30-,34-,35+,38-,39-,40-,42+,43-,44-/m1/s1. The second-order valence-corrected chi connectivity index (χ2v) is 18.4. The fourth-order valence-corrected chi connectivity index (χ4v) is 9.04. The second-order valence-electron chi connectivity index (χ2n) is 18.4. The van der Waals surface area contributed by atoms with Gasteiger partial charge in [0.25, 0.3) is 5.69 Å². The maximum absolute atomic E-state index is 14.2. The van der Waals surface area contributed by atoms with Gasteiger partial charge in [-0.15, -0.1) is 5.10 Å². The van der Waals surface area contributed by atoms with Crippen molar-refractivity contribution in [3.8, 4) is 0 Å². The number of aliphatic hydroxyl groups excluding tert-OH is 2. The first-order valence-electron chi connectivity index (χ1n) is 22.2. The lowest BCUT2D eigenvalue weighted by molar-refractivity contribution is -0.384. The van der Waals surface area contributed by atoms with Crippen molar-refractivity contribution < 1.29 is 53.6 Å². The number of ketones is 1. The van der Waals surface area contributed by atoms with E-state index in [2.05, 4.69) is 20.8 Å². The normalized spacial score (nSPS) is 35.9. The van der Waals surface area contributed by atoms with Crippen LogP contribution in [-0.2, 0) is 52.8 Å². The van der Waals surface area contributed by atoms with Gasteiger partial charge in [0.05, 0.1) is 40.2 Å². The number of aryl methyl sites for hydroxylation is 2. The fraction of sp³-hybridized carbons (Fsp3) is 0.750. The number of nitro benzene ring substituents is 1. The number of hydrogen-bond donors (Lipinski definition) is 4. The summed E-state index contributed by atoms with van der Waals surface area (Å²) in [6, 6.07) is 6.01. The lowest BCUT2D eigenvalue weighted by Gasteiger charge is -2.47. The van der Waals surface area contributed by atoms with Gasteiger partial charge in [0, 0.05) is 75.3 Å². The molecule has 3 saturated heterocycles. The summed E-state index contributed by atoms with van der Waals surface area (Å²) in [5, 5.41) is 62.5. The average Bonchev–Trinajstić information content (AvgIpc) is 3.73. The van der Waals surface area contributed by atoms with Crippen molar-refractivity contribution >= 4 is 23.2 Å². The Morgan fingerprint density at radius 2 is 1.81 bits per heavy atom. The third kappa shape index (κ3) is 12.7. The van der Waals surface area contributed by atoms with Crippen LogP contribution in [0.25, 0.3) is 0 Å². The number of aliphatic hydroxyl groups is 3. The number of methoxy groups -OCH3 is 1. The number of carbonyl (C=O) groups excluding carboxylic acids is 2. The van der Waals surface area contributed by atoms with E-state index in [1.54, 1.807) is 37.6 Å². The number of aromatic nitrogens is 3. The summed E-state index contributed by atoms with van der Waals surface area (Å²) in [5.74, 6) is -4.83. The number of carbonyl (C=O) groups is 2. The molecule has 4 N–H and O–H groups in total. The van der Waals surface area contributed by atoms with E-state index in [0.717, 1.165) is 30.6 Å². The molecule has 0 aliphatic carbocycles. The van der Waals surface area contributed by atoms with E-state index in [0.29, 0.717) is 44.6 Å². The van der Waals surface area contributed by atoms with Crippen molar-refractivity contribution in [2.24, 2.45) is 28.8 Å². The Morgan fingerprint density at radius 1 is 1.10 bits per heavy atom. The highest BCUT2D eigenvalue weighted by molar-refractivity contribution is 6.00. The molecule has 19 heteroatoms. The molecule has 3 aliphatic rings. The molecule has 0 spiro atoms. The first-order chi connectivity index (χ1) is 29.7. The number of nitrogens with zero attached hydrogens (tertiary/aromatic N) is 6. The van der Waals surface area contributed by atoms with Crippen LogP contribution in [0.2, 0.25) is 0 Å². The van der Waals surface area contributed by atoms with Crippen LogP contribution in [0.15, 0.2) is 35.6 Å². The molecule has 3 fully saturated rings. The lowest BCUT2D eigenvalue weighted by atomic mass is 9.75. The Hall–Kier alpha value is -3.95. The highest BCUT2D eigenvalue weighted by Gasteiger charge is 2.50. The fourth-order valence-electron chi connectivity index (χ4n) is 9.04. The third-order valence-electron chi connectivity index (χ3n) is 13.2. The van der Waals surface area contributed by atoms with Crippen molar-refractivity contribution in [1.82, 2.24) is 25.2 Å². The topological polar surface area (TPSA) is 242 Å². The Morgan fingerprint density at radius 3 is 2.46 bits per heavy atom. The molecule has 19 nitrogen and oxygen atoms in total. The highest BCUT2D eigenvalue weighted by atomic mass is 16.7. The lowest BCUT2D eigenvalue weighted by Crippen LogP contribution is -2.60. The van der Waals surface area contributed by atoms with E-state index in [4.69, 9.17) is 23.8 Å². The molecule has 3 aliphatic heterocycles. The Bertz CT molecular complexity index is 1860. The molecule has 13 atom stereocenters. The van der Waals surface area contributed by atoms with Crippen LogP contribution in [0.1, 0.15) is 85.4 Å². The smallest absolute Gasteiger partial charge is 0.316 e. The summed E-state index contributed by atoms with van der Waals surface area (Å²) in [4.78, 5) is 46.3. The number of Topliss-reactive ketones (excluding diaryl/α,β-unsaturated/α-hetero) is 1. The molecule has 0 saturated carbocycles. The number of oxime groups is 1. The largest absolute Gasteiger partial charge is 0.462 e. The van der Waals surface area contributed by atoms with Gasteiger partial charge in [-0.05, 0) is 79.0 Å². The van der Waals surface area contributed by atoms with Crippen LogP contribution in [0.5, 0.6) is 0 Å². The zero-order valence-electron chi connectivity index (χ0n) is 38.2. The average molecular weight is 888 g/mol. The quantitative estimate of drug-likeness (QED) is 0.0978. The maximum Gasteiger partial charge on any atom is 0.316 e. The molecule has 1 aromatic carbocycles. The number of piperidine rings is 1. The van der Waals surface area contributed by atoms with Crippen LogP contribution >= 0.6 is 0 Å². The van der Waals surface area contributed by atoms with Gasteiger partial charge in [-0.3, -0.25) is 24.4 Å². The van der Waals surface area contributed by atoms with Crippen molar-refractivity contribution in [2.75, 3.05) is 40.4 Å². The van der Waals surface area contributed by atoms with E-state index in [-0.39, 0.29) is 24.3 Å². The first kappa shape index (κ1) is 50.1. The number of rotatable bonds is 13. The monoisotopic (exact) mass is 888 g/mol. The highest BCUT2D eigenvalue weighted by Crippen LogP contribution is 2.38. The summed E-state index contributed by atoms with van der Waals surface area (Å²) in [6.45, 7) is 13.8. The summed E-state index contributed by atoms with van der Waals surface area (Å²) in [5.41, 5.74) is -0.971. The van der Waals surface area contributed by atoms with E-state index in [1.165, 1.54) is 33.1 Å². The SMILES string of the molecule is CO[C@]1(C)C[C@@H](C)/C(=N\O[C@@H]2CCCNC2)[C@H](C)[C@@H](O)[C@](C)(O)COC(=O)[C@H](C)C(=O)[C@H](C)[C@H]1O[C@@H]1O[C@H](C)C[C@H](N(C)CCc2cn(CCc3ccc([N+](=O)[O-])cc3)nn2)[C@H]1O. The molecule has 0 bridgehead atoms. The molecular weight excluding hydrogens is 819 g/mol. The van der Waals surface area contributed by atoms with Crippen LogP contribution in [-0.4, -0.2) is 152 Å². The van der Waals surface area contributed by atoms with Crippen LogP contribution in [0, 0.1) is 33.8 Å². The van der Waals surface area contributed by atoms with Gasteiger partial charge in [-0.1, -0.05) is 43.3 Å². The van der Waals surface area contributed by atoms with Gasteiger partial charge < -0.3 is 49.3 Å². The molecule has 1 aromatic heterocycles. The molecule has 5 rings (SSSR count). The number of benzene rings is 1. The number of cyclic esters (lactones) is 1. The van der Waals surface area contributed by atoms with Gasteiger partial charge in [0.1, 0.15) is 30.3 Å². The Labute approximate surface area is 369 Å². The van der Waals surface area contributed by atoms with Crippen molar-refractivity contribution in [1.29, 1.82) is 0 Å². The molecule has 63 heavy (non-hydrogen) atoms. The minimum atomic E-state index is -1.89. The number of nitrogens with one attached hydrogen (secondary N) is 1. The molecule has 0 unspecified atom stereocenters. The van der Waals surface area contributed by atoms with Crippen molar-refractivity contribution in [3.05, 3.63) is 51.8 Å². The molecule has 0 amide bonds. The Kier molecular flexibility index (Phi) is 17.3. The van der Waals surface area contributed by atoms with Crippen LogP contribution in [0.3, 0.4) is 0 Å². The number of esters is 1. The molecule has 0 radical (unpaired) electrons. The molecular formula is C44H69N7O12. The maximum atomic E-state index is 14.2. The van der Waals surface area contributed by atoms with E-state index < -0.39 is 88.8 Å². The molecule has 4 heterocycles. The molecule has 2 aromatic rings. The number of likely N-dealkylation sites (N-methyl/N-ethyl adjacent to an activating group) is 1. The first-order valence-corrected chi connectivity index (χ1v) is 22.2. The summed E-state index contributed by atoms with van der Waals surface area (Å²) in [6.07, 6.45) is 0.00356. The van der Waals surface area contributed by atoms with Crippen molar-refractivity contribution in [3.63, 3.8) is 0 Å². The van der Waals surface area contributed by atoms with Crippen LogP contribution < -0.4 is 5.32 Å². The van der Waals surface area contributed by atoms with E-state index in [9.17, 15) is 35.0 Å². The number of hydrogen-bond acceptors (Lipinski definition) is 17. The summed E-state index contributed by atoms with van der Waals surface area (Å²) < 4.78 is 26.5. The number of nitro groups is 1. The van der Waals surface area contributed by atoms with E-state index in [1.807, 2.05) is 32.0 Å². The minimum Gasteiger partial charge on any atom is -0.462 e. The van der Waals surface area contributed by atoms with Gasteiger partial charge >= 0.3 is 5.97 Å². The van der Waals surface area contributed by atoms with E-state index >= 15 is 0 Å². The van der Waals surface area contributed by atoms with Gasteiger partial charge in [0.2, 0.25) is 0 Å². The number of ether oxygens (including phenoxy) is 4. The zero-order chi connectivity index (χ0) is 46.2.